The molecule has 6 nitrogen and oxygen atoms in total. The number of benzene rings is 1. The van der Waals surface area contributed by atoms with Gasteiger partial charge in [-0.1, -0.05) is 25.0 Å². The van der Waals surface area contributed by atoms with E-state index in [1.807, 2.05) is 12.1 Å². The van der Waals surface area contributed by atoms with Crippen molar-refractivity contribution in [2.24, 2.45) is 0 Å². The zero-order valence-electron chi connectivity index (χ0n) is 12.7. The molecule has 1 aromatic carbocycles. The molecule has 23 heavy (non-hydrogen) atoms. The van der Waals surface area contributed by atoms with E-state index in [-0.39, 0.29) is 0 Å². The first-order valence-corrected chi connectivity index (χ1v) is 8.95. The summed E-state index contributed by atoms with van der Waals surface area (Å²) < 4.78 is 1.42. The summed E-state index contributed by atoms with van der Waals surface area (Å²) in [5, 5.41) is 19.8. The molecule has 0 atom stereocenters. The molecule has 1 saturated carbocycles. The van der Waals surface area contributed by atoms with Crippen LogP contribution in [0.5, 0.6) is 0 Å². The third-order valence-electron chi connectivity index (χ3n) is 4.06. The van der Waals surface area contributed by atoms with Crippen molar-refractivity contribution in [2.45, 2.75) is 36.7 Å². The van der Waals surface area contributed by atoms with Crippen LogP contribution in [0.2, 0.25) is 0 Å². The van der Waals surface area contributed by atoms with Gasteiger partial charge in [-0.05, 0) is 53.1 Å². The van der Waals surface area contributed by atoms with E-state index < -0.39 is 0 Å². The minimum absolute atomic E-state index is 0.636. The molecule has 2 heterocycles. The smallest absolute Gasteiger partial charge is 0.200 e. The van der Waals surface area contributed by atoms with Crippen LogP contribution in [-0.4, -0.2) is 30.5 Å². The summed E-state index contributed by atoms with van der Waals surface area (Å²) in [6, 6.07) is 12.2. The zero-order valence-corrected chi connectivity index (χ0v) is 13.5. The second-order valence-corrected chi connectivity index (χ2v) is 7.08. The lowest BCUT2D eigenvalue weighted by atomic mass is 10.2. The van der Waals surface area contributed by atoms with Crippen molar-refractivity contribution < 1.29 is 0 Å². The summed E-state index contributed by atoms with van der Waals surface area (Å²) >= 11 is 2.08. The predicted molar refractivity (Wildman–Crippen MR) is 91.9 cm³/mol. The van der Waals surface area contributed by atoms with E-state index in [1.54, 1.807) is 0 Å². The van der Waals surface area contributed by atoms with Crippen LogP contribution in [0.25, 0.3) is 5.65 Å². The number of tetrazole rings is 1. The summed E-state index contributed by atoms with van der Waals surface area (Å²) in [6.45, 7) is 0. The monoisotopic (exact) mass is 326 g/mol. The molecule has 4 rings (SSSR count). The van der Waals surface area contributed by atoms with Crippen molar-refractivity contribution in [3.63, 3.8) is 0 Å². The molecule has 1 fully saturated rings. The number of fused-ring (bicyclic) bond motifs is 1. The van der Waals surface area contributed by atoms with Crippen molar-refractivity contribution in [1.82, 2.24) is 25.3 Å². The number of aromatic nitrogens is 5. The molecule has 1 aliphatic carbocycles. The molecule has 0 bridgehead atoms. The van der Waals surface area contributed by atoms with Gasteiger partial charge in [0.1, 0.15) is 0 Å². The lowest BCUT2D eigenvalue weighted by Crippen LogP contribution is -2.00. The maximum Gasteiger partial charge on any atom is 0.200 e. The Morgan fingerprint density at radius 1 is 1.17 bits per heavy atom. The first-order valence-electron chi connectivity index (χ1n) is 7.90. The molecule has 7 heteroatoms. The number of rotatable bonds is 5. The van der Waals surface area contributed by atoms with Crippen LogP contribution in [-0.2, 0) is 5.75 Å². The van der Waals surface area contributed by atoms with Gasteiger partial charge in [0.2, 0.25) is 0 Å². The van der Waals surface area contributed by atoms with Crippen LogP contribution in [0.15, 0.2) is 36.4 Å². The van der Waals surface area contributed by atoms with Gasteiger partial charge in [0.05, 0.1) is 0 Å². The second-order valence-electron chi connectivity index (χ2n) is 5.79. The molecular formula is C16H18N6S. The van der Waals surface area contributed by atoms with E-state index in [0.717, 1.165) is 22.5 Å². The van der Waals surface area contributed by atoms with Crippen LogP contribution in [0.3, 0.4) is 0 Å². The van der Waals surface area contributed by atoms with Crippen LogP contribution in [0, 0.1) is 0 Å². The fraction of sp³-hybridized carbons (Fsp3) is 0.375. The van der Waals surface area contributed by atoms with E-state index in [1.165, 1.54) is 35.9 Å². The molecule has 0 amide bonds. The highest BCUT2D eigenvalue weighted by atomic mass is 32.2. The quantitative estimate of drug-likeness (QED) is 0.774. The van der Waals surface area contributed by atoms with Crippen LogP contribution in [0.1, 0.15) is 31.2 Å². The summed E-state index contributed by atoms with van der Waals surface area (Å²) in [6.07, 6.45) is 5.53. The predicted octanol–water partition coefficient (Wildman–Crippen LogP) is 3.44. The topological polar surface area (TPSA) is 68.0 Å². The zero-order chi connectivity index (χ0) is 15.5. The van der Waals surface area contributed by atoms with E-state index in [4.69, 9.17) is 0 Å². The van der Waals surface area contributed by atoms with Gasteiger partial charge in [0.25, 0.3) is 0 Å². The molecular weight excluding hydrogens is 308 g/mol. The Balaban J connectivity index is 1.44. The number of anilines is 2. The minimum atomic E-state index is 0.636. The molecule has 0 saturated heterocycles. The number of hydrogen-bond donors (Lipinski definition) is 1. The lowest BCUT2D eigenvalue weighted by molar-refractivity contribution is 0.736. The van der Waals surface area contributed by atoms with Crippen molar-refractivity contribution in [3.8, 4) is 0 Å². The number of hydrogen-bond acceptors (Lipinski definition) is 6. The fourth-order valence-corrected chi connectivity index (χ4v) is 4.15. The van der Waals surface area contributed by atoms with Crippen molar-refractivity contribution in [1.29, 1.82) is 0 Å². The Labute approximate surface area is 138 Å². The van der Waals surface area contributed by atoms with Gasteiger partial charge in [0.15, 0.2) is 11.5 Å². The maximum absolute atomic E-state index is 4.33. The lowest BCUT2D eigenvalue weighted by Gasteiger charge is -2.10. The standard InChI is InChI=1S/C16H18N6S/c1-2-7-14(6-1)23-11-12-4-3-5-13(10-12)17-15-8-9-16-18-20-21-22(16)19-15/h3-5,8-10,14H,1-2,6-7,11H2,(H,17,19). The average Bonchev–Trinajstić information content (AvgIpc) is 3.24. The van der Waals surface area contributed by atoms with E-state index in [0.29, 0.717) is 5.65 Å². The number of nitrogens with zero attached hydrogens (tertiary/aromatic N) is 5. The van der Waals surface area contributed by atoms with Crippen molar-refractivity contribution in [2.75, 3.05) is 5.32 Å². The van der Waals surface area contributed by atoms with E-state index in [2.05, 4.69) is 62.0 Å². The van der Waals surface area contributed by atoms with Gasteiger partial charge in [-0.2, -0.15) is 11.8 Å². The first kappa shape index (κ1) is 14.4. The van der Waals surface area contributed by atoms with E-state index >= 15 is 0 Å². The Kier molecular flexibility index (Phi) is 4.10. The molecule has 2 aromatic heterocycles. The number of nitrogens with one attached hydrogen (secondary N) is 1. The molecule has 0 unspecified atom stereocenters. The molecule has 0 radical (unpaired) electrons. The Morgan fingerprint density at radius 3 is 3.00 bits per heavy atom. The van der Waals surface area contributed by atoms with Crippen LogP contribution < -0.4 is 5.32 Å². The normalized spacial score (nSPS) is 15.3. The molecule has 0 aliphatic heterocycles. The fourth-order valence-electron chi connectivity index (χ4n) is 2.87. The molecule has 1 aliphatic rings. The molecule has 0 spiro atoms. The highest BCUT2D eigenvalue weighted by Gasteiger charge is 2.15. The molecule has 118 valence electrons. The van der Waals surface area contributed by atoms with Gasteiger partial charge in [-0.3, -0.25) is 0 Å². The summed E-state index contributed by atoms with van der Waals surface area (Å²) in [7, 11) is 0. The van der Waals surface area contributed by atoms with E-state index in [9.17, 15) is 0 Å². The van der Waals surface area contributed by atoms with Gasteiger partial charge in [-0.15, -0.1) is 14.8 Å². The Bertz CT molecular complexity index is 796. The second kappa shape index (κ2) is 6.54. The summed E-state index contributed by atoms with van der Waals surface area (Å²) in [4.78, 5) is 0. The number of thioether (sulfide) groups is 1. The Hall–Kier alpha value is -2.15. The molecule has 1 N–H and O–H groups in total. The SMILES string of the molecule is c1cc(CSC2CCCC2)cc(Nc2ccc3nnnn3n2)c1. The third kappa shape index (κ3) is 3.44. The van der Waals surface area contributed by atoms with Gasteiger partial charge in [0, 0.05) is 16.7 Å². The third-order valence-corrected chi connectivity index (χ3v) is 5.50. The minimum Gasteiger partial charge on any atom is -0.339 e. The van der Waals surface area contributed by atoms with Crippen molar-refractivity contribution >= 4 is 28.9 Å². The summed E-state index contributed by atoms with van der Waals surface area (Å²) in [5.41, 5.74) is 3.02. The highest BCUT2D eigenvalue weighted by Crippen LogP contribution is 2.32. The largest absolute Gasteiger partial charge is 0.339 e. The van der Waals surface area contributed by atoms with Gasteiger partial charge >= 0.3 is 0 Å². The van der Waals surface area contributed by atoms with Crippen LogP contribution >= 0.6 is 11.8 Å². The molecule has 3 aromatic rings. The highest BCUT2D eigenvalue weighted by molar-refractivity contribution is 7.99. The first-order chi connectivity index (χ1) is 11.4. The van der Waals surface area contributed by atoms with Crippen molar-refractivity contribution in [3.05, 3.63) is 42.0 Å². The average molecular weight is 326 g/mol. The summed E-state index contributed by atoms with van der Waals surface area (Å²) in [5.74, 6) is 1.80. The Morgan fingerprint density at radius 2 is 2.09 bits per heavy atom. The van der Waals surface area contributed by atoms with Crippen LogP contribution in [0.4, 0.5) is 11.5 Å². The maximum atomic E-state index is 4.33. The van der Waals surface area contributed by atoms with Gasteiger partial charge in [-0.25, -0.2) is 0 Å². The van der Waals surface area contributed by atoms with Gasteiger partial charge < -0.3 is 5.32 Å².